The van der Waals surface area contributed by atoms with E-state index in [2.05, 4.69) is 26.1 Å². The lowest BCUT2D eigenvalue weighted by Crippen LogP contribution is -1.79. The average molecular weight is 339 g/mol. The van der Waals surface area contributed by atoms with Gasteiger partial charge in [-0.2, -0.15) is 4.98 Å². The Bertz CT molecular complexity index is 718. The van der Waals surface area contributed by atoms with Crippen molar-refractivity contribution < 1.29 is 14.7 Å². The molecule has 0 spiro atoms. The molecule has 2 aromatic heterocycles. The summed E-state index contributed by atoms with van der Waals surface area (Å²) in [5, 5.41) is 22.7. The van der Waals surface area contributed by atoms with E-state index in [0.29, 0.717) is 11.4 Å². The Morgan fingerprint density at radius 1 is 1.11 bits per heavy atom. The van der Waals surface area contributed by atoms with E-state index in [1.54, 1.807) is 0 Å². The van der Waals surface area contributed by atoms with Gasteiger partial charge in [0.25, 0.3) is 5.89 Å². The average Bonchev–Trinajstić information content (AvgIpc) is 2.95. The first-order valence-corrected chi connectivity index (χ1v) is 6.85. The molecule has 2 N–H and O–H groups in total. The minimum absolute atomic E-state index is 0.0615. The van der Waals surface area contributed by atoms with E-state index in [9.17, 15) is 10.2 Å². The van der Waals surface area contributed by atoms with Gasteiger partial charge in [0.1, 0.15) is 11.5 Å². The lowest BCUT2D eigenvalue weighted by molar-refractivity contribution is 0.429. The molecule has 0 aliphatic carbocycles. The van der Waals surface area contributed by atoms with Crippen molar-refractivity contribution in [3.8, 4) is 33.7 Å². The summed E-state index contributed by atoms with van der Waals surface area (Å²) in [7, 11) is 0. The molecule has 0 radical (unpaired) electrons. The fourth-order valence-corrected chi connectivity index (χ4v) is 2.91. The summed E-state index contributed by atoms with van der Waals surface area (Å²) in [6.07, 6.45) is 0. The topological polar surface area (TPSA) is 79.4 Å². The van der Waals surface area contributed by atoms with Crippen LogP contribution in [0.15, 0.2) is 38.6 Å². The Morgan fingerprint density at radius 3 is 2.47 bits per heavy atom. The molecule has 0 atom stereocenters. The zero-order valence-corrected chi connectivity index (χ0v) is 11.8. The third kappa shape index (κ3) is 2.47. The summed E-state index contributed by atoms with van der Waals surface area (Å²) in [6.45, 7) is 0. The zero-order chi connectivity index (χ0) is 13.4. The van der Waals surface area contributed by atoms with E-state index in [-0.39, 0.29) is 17.4 Å². The summed E-state index contributed by atoms with van der Waals surface area (Å²) in [5.41, 5.74) is 0.465. The number of phenols is 2. The number of aromatic hydroxyl groups is 2. The molecule has 0 fully saturated rings. The van der Waals surface area contributed by atoms with Crippen LogP contribution in [0.4, 0.5) is 0 Å². The van der Waals surface area contributed by atoms with Crippen LogP contribution < -0.4 is 0 Å². The Balaban J connectivity index is 2.01. The second-order valence-corrected chi connectivity index (χ2v) is 6.23. The highest BCUT2D eigenvalue weighted by Gasteiger charge is 2.13. The maximum Gasteiger partial charge on any atom is 0.258 e. The number of phenolic OH excluding ortho intramolecular Hbond substituents is 2. The van der Waals surface area contributed by atoms with Crippen molar-refractivity contribution in [2.75, 3.05) is 0 Å². The second-order valence-electron chi connectivity index (χ2n) is 3.76. The van der Waals surface area contributed by atoms with Crippen molar-refractivity contribution in [1.82, 2.24) is 10.1 Å². The number of thiophene rings is 1. The van der Waals surface area contributed by atoms with E-state index in [1.807, 2.05) is 12.1 Å². The number of nitrogens with zero attached hydrogens (tertiary/aromatic N) is 2. The van der Waals surface area contributed by atoms with E-state index in [4.69, 9.17) is 4.52 Å². The molecule has 0 saturated carbocycles. The van der Waals surface area contributed by atoms with Gasteiger partial charge in [0, 0.05) is 11.6 Å². The molecule has 3 aromatic rings. The van der Waals surface area contributed by atoms with Gasteiger partial charge in [0.2, 0.25) is 5.82 Å². The molecule has 2 heterocycles. The number of aromatic nitrogens is 2. The van der Waals surface area contributed by atoms with Crippen LogP contribution in [0.3, 0.4) is 0 Å². The van der Waals surface area contributed by atoms with Gasteiger partial charge in [-0.3, -0.25) is 0 Å². The highest BCUT2D eigenvalue weighted by atomic mass is 79.9. The molecule has 19 heavy (non-hydrogen) atoms. The molecule has 96 valence electrons. The minimum Gasteiger partial charge on any atom is -0.508 e. The summed E-state index contributed by atoms with van der Waals surface area (Å²) in [5.74, 6) is 0.585. The molecule has 0 amide bonds. The van der Waals surface area contributed by atoms with Crippen molar-refractivity contribution in [2.45, 2.75) is 0 Å². The first kappa shape index (κ1) is 12.2. The molecule has 0 aliphatic heterocycles. The molecule has 3 rings (SSSR count). The van der Waals surface area contributed by atoms with Crippen molar-refractivity contribution in [3.63, 3.8) is 0 Å². The molecule has 0 saturated heterocycles. The maximum atomic E-state index is 9.43. The normalized spacial score (nSPS) is 10.8. The quantitative estimate of drug-likeness (QED) is 0.745. The fourth-order valence-electron chi connectivity index (χ4n) is 1.59. The van der Waals surface area contributed by atoms with Gasteiger partial charge in [-0.05, 0) is 40.2 Å². The molecule has 0 unspecified atom stereocenters. The molecule has 5 nitrogen and oxygen atoms in total. The summed E-state index contributed by atoms with van der Waals surface area (Å²) >= 11 is 4.86. The van der Waals surface area contributed by atoms with Crippen molar-refractivity contribution in [2.24, 2.45) is 0 Å². The Kier molecular flexibility index (Phi) is 3.00. The van der Waals surface area contributed by atoms with Crippen LogP contribution in [-0.2, 0) is 0 Å². The smallest absolute Gasteiger partial charge is 0.258 e. The first-order chi connectivity index (χ1) is 9.11. The predicted octanol–water partition coefficient (Wildman–Crippen LogP) is 3.64. The summed E-state index contributed by atoms with van der Waals surface area (Å²) in [4.78, 5) is 5.10. The van der Waals surface area contributed by atoms with Gasteiger partial charge < -0.3 is 14.7 Å². The molecule has 0 aliphatic rings. The zero-order valence-electron chi connectivity index (χ0n) is 9.37. The van der Waals surface area contributed by atoms with Crippen LogP contribution in [-0.4, -0.2) is 20.4 Å². The first-order valence-electron chi connectivity index (χ1n) is 5.24. The van der Waals surface area contributed by atoms with E-state index in [0.717, 1.165) is 8.66 Å². The van der Waals surface area contributed by atoms with Crippen molar-refractivity contribution >= 4 is 27.3 Å². The Labute approximate surface area is 120 Å². The van der Waals surface area contributed by atoms with Crippen LogP contribution in [0.1, 0.15) is 0 Å². The van der Waals surface area contributed by atoms with Gasteiger partial charge in [-0.15, -0.1) is 11.3 Å². The highest BCUT2D eigenvalue weighted by Crippen LogP contribution is 2.32. The number of benzene rings is 1. The van der Waals surface area contributed by atoms with Crippen LogP contribution in [0.25, 0.3) is 22.2 Å². The highest BCUT2D eigenvalue weighted by molar-refractivity contribution is 9.11. The lowest BCUT2D eigenvalue weighted by Gasteiger charge is -1.97. The van der Waals surface area contributed by atoms with Gasteiger partial charge in [0.05, 0.1) is 8.66 Å². The van der Waals surface area contributed by atoms with E-state index < -0.39 is 0 Å². The third-order valence-electron chi connectivity index (χ3n) is 2.37. The second kappa shape index (κ2) is 4.67. The van der Waals surface area contributed by atoms with Gasteiger partial charge >= 0.3 is 0 Å². The minimum atomic E-state index is -0.0615. The van der Waals surface area contributed by atoms with Gasteiger partial charge in [-0.1, -0.05) is 5.16 Å². The SMILES string of the molecule is Oc1cc(O)cc(-c2nc(-c3ccc(Br)s3)no2)c1. The predicted molar refractivity (Wildman–Crippen MR) is 74.1 cm³/mol. The Hall–Kier alpha value is -1.86. The van der Waals surface area contributed by atoms with Crippen molar-refractivity contribution in [3.05, 3.63) is 34.1 Å². The lowest BCUT2D eigenvalue weighted by atomic mass is 10.2. The van der Waals surface area contributed by atoms with Gasteiger partial charge in [0.15, 0.2) is 0 Å². The third-order valence-corrected chi connectivity index (χ3v) is 3.99. The Morgan fingerprint density at radius 2 is 1.84 bits per heavy atom. The molecule has 1 aromatic carbocycles. The summed E-state index contributed by atoms with van der Waals surface area (Å²) < 4.78 is 6.11. The van der Waals surface area contributed by atoms with Crippen LogP contribution in [0, 0.1) is 0 Å². The van der Waals surface area contributed by atoms with Crippen LogP contribution >= 0.6 is 27.3 Å². The molecule has 7 heteroatoms. The monoisotopic (exact) mass is 338 g/mol. The van der Waals surface area contributed by atoms with Crippen LogP contribution in [0.5, 0.6) is 11.5 Å². The number of hydrogen-bond acceptors (Lipinski definition) is 6. The number of halogens is 1. The maximum absolute atomic E-state index is 9.43. The van der Waals surface area contributed by atoms with E-state index >= 15 is 0 Å². The number of rotatable bonds is 2. The van der Waals surface area contributed by atoms with Gasteiger partial charge in [-0.25, -0.2) is 0 Å². The van der Waals surface area contributed by atoms with Crippen molar-refractivity contribution in [1.29, 1.82) is 0 Å². The molecule has 0 bridgehead atoms. The fraction of sp³-hybridized carbons (Fsp3) is 0. The van der Waals surface area contributed by atoms with Crippen LogP contribution in [0.2, 0.25) is 0 Å². The number of hydrogen-bond donors (Lipinski definition) is 2. The largest absolute Gasteiger partial charge is 0.508 e. The van der Waals surface area contributed by atoms with E-state index in [1.165, 1.54) is 29.5 Å². The standard InChI is InChI=1S/C12H7BrN2O3S/c13-10-2-1-9(19-10)11-14-12(18-15-11)6-3-7(16)5-8(17)4-6/h1-5,16-17H. The molecular formula is C12H7BrN2O3S. The molecular weight excluding hydrogens is 332 g/mol. The summed E-state index contributed by atoms with van der Waals surface area (Å²) in [6, 6.07) is 7.90.